The fourth-order valence-electron chi connectivity index (χ4n) is 2.14. The van der Waals surface area contributed by atoms with E-state index in [-0.39, 0.29) is 17.3 Å². The predicted molar refractivity (Wildman–Crippen MR) is 78.2 cm³/mol. The van der Waals surface area contributed by atoms with E-state index in [2.05, 4.69) is 20.0 Å². The fraction of sp³-hybridized carbons (Fsp3) is 0.583. The molecule has 126 valence electrons. The Balaban J connectivity index is 2.35. The molecule has 1 fully saturated rings. The molecule has 11 heteroatoms. The predicted octanol–water partition coefficient (Wildman–Crippen LogP) is -0.833. The lowest BCUT2D eigenvalue weighted by Gasteiger charge is -2.27. The van der Waals surface area contributed by atoms with Crippen LogP contribution in [-0.4, -0.2) is 72.0 Å². The highest BCUT2D eigenvalue weighted by molar-refractivity contribution is 5.81. The number of esters is 1. The van der Waals surface area contributed by atoms with Gasteiger partial charge in [0.25, 0.3) is 0 Å². The first-order chi connectivity index (χ1) is 11.1. The number of aliphatic hydroxyl groups is 1. The highest BCUT2D eigenvalue weighted by Gasteiger charge is 2.30. The summed E-state index contributed by atoms with van der Waals surface area (Å²) in [6.45, 7) is 1.19. The van der Waals surface area contributed by atoms with Gasteiger partial charge in [-0.1, -0.05) is 0 Å². The van der Waals surface area contributed by atoms with Crippen molar-refractivity contribution in [3.8, 4) is 0 Å². The Hall–Kier alpha value is -2.53. The van der Waals surface area contributed by atoms with Crippen molar-refractivity contribution >= 4 is 23.3 Å². The number of hydrogen-bond donors (Lipinski definition) is 2. The van der Waals surface area contributed by atoms with Gasteiger partial charge in [-0.25, -0.2) is 14.8 Å². The SMILES string of the molecule is COC(=O)[C@H](CO)Nc1ncnc(N2CCOCC2)c1[N+](=O)[O-]. The summed E-state index contributed by atoms with van der Waals surface area (Å²) in [5.74, 6) is -0.776. The topological polar surface area (TPSA) is 140 Å². The molecule has 1 atom stereocenters. The van der Waals surface area contributed by atoms with Gasteiger partial charge in [0.2, 0.25) is 11.6 Å². The maximum Gasteiger partial charge on any atom is 0.353 e. The molecule has 0 aromatic carbocycles. The summed E-state index contributed by atoms with van der Waals surface area (Å²) in [6.07, 6.45) is 1.16. The Bertz CT molecular complexity index is 577. The normalized spacial score (nSPS) is 15.8. The van der Waals surface area contributed by atoms with Crippen molar-refractivity contribution in [3.05, 3.63) is 16.4 Å². The van der Waals surface area contributed by atoms with Crippen LogP contribution in [0.25, 0.3) is 0 Å². The van der Waals surface area contributed by atoms with Crippen LogP contribution in [0.4, 0.5) is 17.3 Å². The Morgan fingerprint density at radius 3 is 2.83 bits per heavy atom. The van der Waals surface area contributed by atoms with Crippen molar-refractivity contribution in [2.24, 2.45) is 0 Å². The quantitative estimate of drug-likeness (QED) is 0.386. The lowest BCUT2D eigenvalue weighted by atomic mass is 10.3. The van der Waals surface area contributed by atoms with Gasteiger partial charge in [-0.15, -0.1) is 0 Å². The molecule has 1 saturated heterocycles. The number of anilines is 2. The summed E-state index contributed by atoms with van der Waals surface area (Å²) in [4.78, 5) is 31.9. The number of hydrogen-bond acceptors (Lipinski definition) is 10. The summed E-state index contributed by atoms with van der Waals surface area (Å²) in [6, 6.07) is -1.16. The number of nitrogens with zero attached hydrogens (tertiary/aromatic N) is 4. The van der Waals surface area contributed by atoms with Crippen LogP contribution in [0.3, 0.4) is 0 Å². The van der Waals surface area contributed by atoms with Gasteiger partial charge in [0.15, 0.2) is 0 Å². The van der Waals surface area contributed by atoms with E-state index in [1.807, 2.05) is 0 Å². The number of aliphatic hydroxyl groups excluding tert-OH is 1. The molecule has 23 heavy (non-hydrogen) atoms. The van der Waals surface area contributed by atoms with Gasteiger partial charge in [-0.3, -0.25) is 10.1 Å². The molecule has 0 unspecified atom stereocenters. The second kappa shape index (κ2) is 7.65. The van der Waals surface area contributed by atoms with Crippen molar-refractivity contribution in [1.82, 2.24) is 9.97 Å². The second-order valence-corrected chi connectivity index (χ2v) is 4.65. The number of ether oxygens (including phenoxy) is 2. The summed E-state index contributed by atoms with van der Waals surface area (Å²) < 4.78 is 9.74. The van der Waals surface area contributed by atoms with Crippen molar-refractivity contribution < 1.29 is 24.3 Å². The molecule has 0 bridgehead atoms. The summed E-state index contributed by atoms with van der Waals surface area (Å²) >= 11 is 0. The highest BCUT2D eigenvalue weighted by atomic mass is 16.6. The largest absolute Gasteiger partial charge is 0.467 e. The average Bonchev–Trinajstić information content (AvgIpc) is 2.59. The zero-order valence-corrected chi connectivity index (χ0v) is 12.5. The molecule has 1 aliphatic rings. The van der Waals surface area contributed by atoms with E-state index in [1.54, 1.807) is 4.90 Å². The third-order valence-corrected chi connectivity index (χ3v) is 3.28. The third kappa shape index (κ3) is 3.81. The van der Waals surface area contributed by atoms with E-state index in [9.17, 15) is 20.0 Å². The van der Waals surface area contributed by atoms with Gasteiger partial charge in [-0.05, 0) is 0 Å². The Morgan fingerprint density at radius 2 is 2.26 bits per heavy atom. The summed E-state index contributed by atoms with van der Waals surface area (Å²) in [5, 5.41) is 23.2. The second-order valence-electron chi connectivity index (χ2n) is 4.65. The van der Waals surface area contributed by atoms with E-state index >= 15 is 0 Å². The molecule has 0 aliphatic carbocycles. The number of nitrogens with one attached hydrogen (secondary N) is 1. The Morgan fingerprint density at radius 1 is 1.57 bits per heavy atom. The van der Waals surface area contributed by atoms with E-state index in [4.69, 9.17) is 4.74 Å². The van der Waals surface area contributed by atoms with E-state index < -0.39 is 23.5 Å². The molecule has 11 nitrogen and oxygen atoms in total. The number of carbonyl (C=O) groups excluding carboxylic acids is 1. The standard InChI is InChI=1S/C12H17N5O6/c1-22-12(19)8(6-18)15-10-9(17(20)21)11(14-7-13-10)16-2-4-23-5-3-16/h7-8,18H,2-6H2,1H3,(H,13,14,15)/t8-/m0/s1. The van der Waals surface area contributed by atoms with Gasteiger partial charge < -0.3 is 24.8 Å². The van der Waals surface area contributed by atoms with Crippen LogP contribution >= 0.6 is 0 Å². The first-order valence-electron chi connectivity index (χ1n) is 6.85. The maximum absolute atomic E-state index is 11.5. The molecular formula is C12H17N5O6. The first-order valence-corrected chi connectivity index (χ1v) is 6.85. The van der Waals surface area contributed by atoms with E-state index in [0.29, 0.717) is 26.3 Å². The molecule has 0 spiro atoms. The number of methoxy groups -OCH3 is 1. The average molecular weight is 327 g/mol. The van der Waals surface area contributed by atoms with Gasteiger partial charge in [0.05, 0.1) is 31.9 Å². The molecular weight excluding hydrogens is 310 g/mol. The van der Waals surface area contributed by atoms with E-state index in [1.165, 1.54) is 0 Å². The summed E-state index contributed by atoms with van der Waals surface area (Å²) in [5.41, 5.74) is -0.364. The molecule has 0 saturated carbocycles. The van der Waals surface area contributed by atoms with Crippen LogP contribution in [0.5, 0.6) is 0 Å². The summed E-state index contributed by atoms with van der Waals surface area (Å²) in [7, 11) is 1.15. The van der Waals surface area contributed by atoms with E-state index in [0.717, 1.165) is 13.4 Å². The molecule has 2 heterocycles. The number of aromatic nitrogens is 2. The van der Waals surface area contributed by atoms with Gasteiger partial charge in [-0.2, -0.15) is 0 Å². The van der Waals surface area contributed by atoms with Crippen molar-refractivity contribution in [2.45, 2.75) is 6.04 Å². The monoisotopic (exact) mass is 327 g/mol. The van der Waals surface area contributed by atoms with Crippen molar-refractivity contribution in [3.63, 3.8) is 0 Å². The first kappa shape index (κ1) is 16.8. The lowest BCUT2D eigenvalue weighted by Crippen LogP contribution is -2.38. The molecule has 0 amide bonds. The smallest absolute Gasteiger partial charge is 0.353 e. The number of morpholine rings is 1. The Labute approximate surface area is 131 Å². The van der Waals surface area contributed by atoms with Gasteiger partial charge in [0, 0.05) is 13.1 Å². The van der Waals surface area contributed by atoms with Crippen molar-refractivity contribution in [2.75, 3.05) is 50.2 Å². The van der Waals surface area contributed by atoms with Crippen LogP contribution in [0.2, 0.25) is 0 Å². The van der Waals surface area contributed by atoms with Crippen LogP contribution in [0, 0.1) is 10.1 Å². The molecule has 0 radical (unpaired) electrons. The van der Waals surface area contributed by atoms with Crippen LogP contribution in [0.1, 0.15) is 0 Å². The van der Waals surface area contributed by atoms with Gasteiger partial charge in [0.1, 0.15) is 12.4 Å². The fourth-order valence-corrected chi connectivity index (χ4v) is 2.14. The van der Waals surface area contributed by atoms with Crippen LogP contribution < -0.4 is 10.2 Å². The number of rotatable bonds is 6. The third-order valence-electron chi connectivity index (χ3n) is 3.28. The molecule has 2 N–H and O–H groups in total. The highest BCUT2D eigenvalue weighted by Crippen LogP contribution is 2.32. The molecule has 1 aromatic heterocycles. The zero-order valence-electron chi connectivity index (χ0n) is 12.5. The minimum Gasteiger partial charge on any atom is -0.467 e. The molecule has 1 aliphatic heterocycles. The number of nitro groups is 1. The molecule has 2 rings (SSSR count). The maximum atomic E-state index is 11.5. The van der Waals surface area contributed by atoms with Crippen molar-refractivity contribution in [1.29, 1.82) is 0 Å². The van der Waals surface area contributed by atoms with Crippen LogP contribution in [0.15, 0.2) is 6.33 Å². The molecule has 1 aromatic rings. The Kier molecular flexibility index (Phi) is 5.60. The van der Waals surface area contributed by atoms with Gasteiger partial charge >= 0.3 is 11.7 Å². The zero-order chi connectivity index (χ0) is 16.8. The lowest BCUT2D eigenvalue weighted by molar-refractivity contribution is -0.383. The minimum absolute atomic E-state index is 0.136. The minimum atomic E-state index is -1.16. The number of carbonyl (C=O) groups is 1. The van der Waals surface area contributed by atoms with Crippen LogP contribution in [-0.2, 0) is 14.3 Å².